The quantitative estimate of drug-likeness (QED) is 0.617. The number of carbonyl (C=O) groups is 3. The SMILES string of the molecule is CCN(CC(=O)Nc1cccc(C(=O)NC)c1)CC(=O)Nc1cc(Cl)ccc1C. The Morgan fingerprint density at radius 1 is 1.00 bits per heavy atom. The van der Waals surface area contributed by atoms with Crippen molar-refractivity contribution in [1.82, 2.24) is 10.2 Å². The van der Waals surface area contributed by atoms with Crippen LogP contribution < -0.4 is 16.0 Å². The second-order valence-electron chi connectivity index (χ2n) is 6.52. The van der Waals surface area contributed by atoms with E-state index in [0.717, 1.165) is 5.56 Å². The van der Waals surface area contributed by atoms with E-state index in [1.165, 1.54) is 0 Å². The molecule has 8 heteroatoms. The number of hydrogen-bond donors (Lipinski definition) is 3. The molecule has 7 nitrogen and oxygen atoms in total. The third kappa shape index (κ3) is 6.89. The van der Waals surface area contributed by atoms with Crippen LogP contribution in [0.4, 0.5) is 11.4 Å². The molecule has 0 aromatic heterocycles. The molecular weight excluding hydrogens is 392 g/mol. The molecule has 0 radical (unpaired) electrons. The molecule has 0 aliphatic carbocycles. The van der Waals surface area contributed by atoms with Gasteiger partial charge in [0.2, 0.25) is 11.8 Å². The number of halogens is 1. The van der Waals surface area contributed by atoms with Crippen molar-refractivity contribution < 1.29 is 14.4 Å². The van der Waals surface area contributed by atoms with E-state index < -0.39 is 0 Å². The number of nitrogens with zero attached hydrogens (tertiary/aromatic N) is 1. The van der Waals surface area contributed by atoms with Crippen LogP contribution in [-0.2, 0) is 9.59 Å². The summed E-state index contributed by atoms with van der Waals surface area (Å²) >= 11 is 5.98. The number of benzene rings is 2. The van der Waals surface area contributed by atoms with Gasteiger partial charge in [-0.3, -0.25) is 19.3 Å². The van der Waals surface area contributed by atoms with Gasteiger partial charge in [0.1, 0.15) is 0 Å². The lowest BCUT2D eigenvalue weighted by Crippen LogP contribution is -2.38. The molecule has 0 saturated carbocycles. The molecule has 0 aliphatic rings. The summed E-state index contributed by atoms with van der Waals surface area (Å²) in [6, 6.07) is 11.9. The molecule has 3 N–H and O–H groups in total. The van der Waals surface area contributed by atoms with Crippen molar-refractivity contribution in [3.8, 4) is 0 Å². The first-order valence-electron chi connectivity index (χ1n) is 9.22. The number of amides is 3. The van der Waals surface area contributed by atoms with Gasteiger partial charge in [0.25, 0.3) is 5.91 Å². The summed E-state index contributed by atoms with van der Waals surface area (Å²) in [5.41, 5.74) is 2.52. The monoisotopic (exact) mass is 416 g/mol. The van der Waals surface area contributed by atoms with Crippen molar-refractivity contribution in [2.24, 2.45) is 0 Å². The zero-order valence-electron chi connectivity index (χ0n) is 16.7. The van der Waals surface area contributed by atoms with E-state index in [2.05, 4.69) is 16.0 Å². The minimum absolute atomic E-state index is 0.0443. The molecule has 0 fully saturated rings. The minimum Gasteiger partial charge on any atom is -0.355 e. The zero-order valence-corrected chi connectivity index (χ0v) is 17.5. The second-order valence-corrected chi connectivity index (χ2v) is 6.96. The van der Waals surface area contributed by atoms with Gasteiger partial charge in [0.05, 0.1) is 13.1 Å². The Labute approximate surface area is 175 Å². The lowest BCUT2D eigenvalue weighted by molar-refractivity contribution is -0.119. The van der Waals surface area contributed by atoms with Crippen LogP contribution in [0.15, 0.2) is 42.5 Å². The third-order valence-corrected chi connectivity index (χ3v) is 4.53. The molecule has 0 unspecified atom stereocenters. The van der Waals surface area contributed by atoms with Crippen LogP contribution in [0, 0.1) is 6.92 Å². The van der Waals surface area contributed by atoms with Crippen LogP contribution in [0.5, 0.6) is 0 Å². The maximum atomic E-state index is 12.4. The molecule has 2 aromatic rings. The Balaban J connectivity index is 1.93. The zero-order chi connectivity index (χ0) is 21.4. The van der Waals surface area contributed by atoms with Crippen molar-refractivity contribution in [1.29, 1.82) is 0 Å². The average molecular weight is 417 g/mol. The number of likely N-dealkylation sites (N-methyl/N-ethyl adjacent to an activating group) is 1. The second kappa shape index (κ2) is 10.6. The van der Waals surface area contributed by atoms with Crippen molar-refractivity contribution in [2.75, 3.05) is 37.3 Å². The van der Waals surface area contributed by atoms with Crippen molar-refractivity contribution in [2.45, 2.75) is 13.8 Å². The topological polar surface area (TPSA) is 90.5 Å². The smallest absolute Gasteiger partial charge is 0.251 e. The Kier molecular flexibility index (Phi) is 8.18. The number of carbonyl (C=O) groups excluding carboxylic acids is 3. The number of aryl methyl sites for hydroxylation is 1. The van der Waals surface area contributed by atoms with E-state index in [4.69, 9.17) is 11.6 Å². The molecule has 154 valence electrons. The van der Waals surface area contributed by atoms with E-state index in [9.17, 15) is 14.4 Å². The summed E-state index contributed by atoms with van der Waals surface area (Å²) in [5.74, 6) is -0.733. The molecule has 0 aliphatic heterocycles. The van der Waals surface area contributed by atoms with Gasteiger partial charge in [-0.15, -0.1) is 0 Å². The largest absolute Gasteiger partial charge is 0.355 e. The summed E-state index contributed by atoms with van der Waals surface area (Å²) < 4.78 is 0. The highest BCUT2D eigenvalue weighted by Gasteiger charge is 2.15. The van der Waals surface area contributed by atoms with Crippen molar-refractivity contribution in [3.05, 3.63) is 58.6 Å². The Bertz CT molecular complexity index is 901. The van der Waals surface area contributed by atoms with Gasteiger partial charge in [-0.25, -0.2) is 0 Å². The summed E-state index contributed by atoms with van der Waals surface area (Å²) in [4.78, 5) is 38.2. The summed E-state index contributed by atoms with van der Waals surface area (Å²) in [6.45, 7) is 4.38. The predicted octanol–water partition coefficient (Wildman–Crippen LogP) is 2.91. The van der Waals surface area contributed by atoms with Gasteiger partial charge in [-0.1, -0.05) is 30.7 Å². The Morgan fingerprint density at radius 2 is 1.69 bits per heavy atom. The van der Waals surface area contributed by atoms with E-state index in [1.807, 2.05) is 19.9 Å². The predicted molar refractivity (Wildman–Crippen MR) is 115 cm³/mol. The number of hydrogen-bond acceptors (Lipinski definition) is 4. The average Bonchev–Trinajstić information content (AvgIpc) is 2.69. The molecule has 2 rings (SSSR count). The summed E-state index contributed by atoms with van der Waals surface area (Å²) in [7, 11) is 1.54. The van der Waals surface area contributed by atoms with Gasteiger partial charge in [0.15, 0.2) is 0 Å². The van der Waals surface area contributed by atoms with Gasteiger partial charge < -0.3 is 16.0 Å². The summed E-state index contributed by atoms with van der Waals surface area (Å²) in [6.07, 6.45) is 0. The van der Waals surface area contributed by atoms with E-state index >= 15 is 0 Å². The first kappa shape index (κ1) is 22.4. The van der Waals surface area contributed by atoms with Gasteiger partial charge >= 0.3 is 0 Å². The molecule has 0 heterocycles. The maximum Gasteiger partial charge on any atom is 0.251 e. The van der Waals surface area contributed by atoms with Crippen LogP contribution in [0.1, 0.15) is 22.8 Å². The fourth-order valence-electron chi connectivity index (χ4n) is 2.69. The third-order valence-electron chi connectivity index (χ3n) is 4.29. The minimum atomic E-state index is -0.271. The van der Waals surface area contributed by atoms with Gasteiger partial charge in [-0.05, 0) is 49.4 Å². The highest BCUT2D eigenvalue weighted by Crippen LogP contribution is 2.20. The lowest BCUT2D eigenvalue weighted by Gasteiger charge is -2.20. The highest BCUT2D eigenvalue weighted by molar-refractivity contribution is 6.31. The molecule has 0 saturated heterocycles. The van der Waals surface area contributed by atoms with E-state index in [-0.39, 0.29) is 30.8 Å². The lowest BCUT2D eigenvalue weighted by atomic mass is 10.2. The fraction of sp³-hybridized carbons (Fsp3) is 0.286. The van der Waals surface area contributed by atoms with E-state index in [1.54, 1.807) is 48.3 Å². The first-order chi connectivity index (χ1) is 13.8. The first-order valence-corrected chi connectivity index (χ1v) is 9.60. The van der Waals surface area contributed by atoms with Gasteiger partial charge in [0, 0.05) is 29.0 Å². The number of anilines is 2. The van der Waals surface area contributed by atoms with Crippen LogP contribution in [0.2, 0.25) is 5.02 Å². The Hall–Kier alpha value is -2.90. The molecule has 2 aromatic carbocycles. The summed E-state index contributed by atoms with van der Waals surface area (Å²) in [5, 5.41) is 8.66. The molecule has 29 heavy (non-hydrogen) atoms. The fourth-order valence-corrected chi connectivity index (χ4v) is 2.86. The molecule has 0 spiro atoms. The van der Waals surface area contributed by atoms with Crippen LogP contribution >= 0.6 is 11.6 Å². The molecule has 3 amide bonds. The number of rotatable bonds is 8. The van der Waals surface area contributed by atoms with Crippen LogP contribution in [0.25, 0.3) is 0 Å². The maximum absolute atomic E-state index is 12.4. The standard InChI is InChI=1S/C21H25ClN4O3/c1-4-26(13-20(28)25-18-11-16(22)9-8-14(18)2)12-19(27)24-17-7-5-6-15(10-17)21(29)23-3/h5-11H,4,12-13H2,1-3H3,(H,23,29)(H,24,27)(H,25,28). The molecular formula is C21H25ClN4O3. The highest BCUT2D eigenvalue weighted by atomic mass is 35.5. The Morgan fingerprint density at radius 3 is 2.34 bits per heavy atom. The van der Waals surface area contributed by atoms with Crippen LogP contribution in [-0.4, -0.2) is 49.3 Å². The van der Waals surface area contributed by atoms with Gasteiger partial charge in [-0.2, -0.15) is 0 Å². The molecule has 0 atom stereocenters. The molecule has 0 bridgehead atoms. The van der Waals surface area contributed by atoms with Crippen LogP contribution in [0.3, 0.4) is 0 Å². The normalized spacial score (nSPS) is 10.5. The number of nitrogens with one attached hydrogen (secondary N) is 3. The van der Waals surface area contributed by atoms with E-state index in [0.29, 0.717) is 28.5 Å². The van der Waals surface area contributed by atoms with Crippen molar-refractivity contribution >= 4 is 40.7 Å². The van der Waals surface area contributed by atoms with Crippen molar-refractivity contribution in [3.63, 3.8) is 0 Å².